The minimum absolute atomic E-state index is 0.0376. The van der Waals surface area contributed by atoms with Gasteiger partial charge in [-0.05, 0) is 55.4 Å². The van der Waals surface area contributed by atoms with E-state index in [1.807, 2.05) is 30.3 Å². The molecule has 0 saturated carbocycles. The Kier molecular flexibility index (Phi) is 7.84. The van der Waals surface area contributed by atoms with Gasteiger partial charge in [0.25, 0.3) is 5.91 Å². The first-order chi connectivity index (χ1) is 15.5. The van der Waals surface area contributed by atoms with Crippen LogP contribution in [-0.2, 0) is 9.59 Å². The number of aromatic hydroxyl groups is 1. The van der Waals surface area contributed by atoms with E-state index >= 15 is 0 Å². The molecule has 1 unspecified atom stereocenters. The van der Waals surface area contributed by atoms with Gasteiger partial charge in [-0.3, -0.25) is 9.59 Å². The third-order valence-corrected chi connectivity index (χ3v) is 5.75. The molecule has 0 radical (unpaired) electrons. The molecule has 3 rings (SSSR count). The molecule has 0 spiro atoms. The number of hydrogen-bond acceptors (Lipinski definition) is 5. The zero-order valence-electron chi connectivity index (χ0n) is 18.6. The number of phenolic OH excluding ortho intramolecular Hbond substituents is 1. The van der Waals surface area contributed by atoms with E-state index in [1.165, 1.54) is 23.1 Å². The van der Waals surface area contributed by atoms with Crippen LogP contribution < -0.4 is 0 Å². The molecule has 168 valence electrons. The van der Waals surface area contributed by atoms with Crippen molar-refractivity contribution < 1.29 is 19.8 Å². The lowest BCUT2D eigenvalue weighted by molar-refractivity contribution is -0.129. The highest BCUT2D eigenvalue weighted by atomic mass is 16.3. The minimum atomic E-state index is -0.751. The van der Waals surface area contributed by atoms with E-state index in [9.17, 15) is 19.8 Å². The molecule has 2 aromatic carbocycles. The molecule has 1 heterocycles. The molecule has 0 saturated heterocycles. The first kappa shape index (κ1) is 23.3. The number of ketones is 1. The molecule has 32 heavy (non-hydrogen) atoms. The molecule has 6 heteroatoms. The van der Waals surface area contributed by atoms with Crippen molar-refractivity contribution in [2.45, 2.75) is 26.3 Å². The van der Waals surface area contributed by atoms with Crippen LogP contribution in [-0.4, -0.2) is 57.9 Å². The molecular formula is C26H30N2O4. The van der Waals surface area contributed by atoms with Crippen LogP contribution >= 0.6 is 0 Å². The summed E-state index contributed by atoms with van der Waals surface area (Å²) in [6, 6.07) is 15.1. The van der Waals surface area contributed by atoms with Gasteiger partial charge in [-0.1, -0.05) is 62.4 Å². The van der Waals surface area contributed by atoms with Crippen LogP contribution in [0.15, 0.2) is 72.0 Å². The van der Waals surface area contributed by atoms with E-state index in [2.05, 4.69) is 18.7 Å². The number of aliphatic hydroxyl groups excluding tert-OH is 1. The third kappa shape index (κ3) is 5.26. The number of benzene rings is 2. The van der Waals surface area contributed by atoms with Crippen LogP contribution in [0.25, 0.3) is 6.08 Å². The molecule has 6 nitrogen and oxygen atoms in total. The van der Waals surface area contributed by atoms with Crippen molar-refractivity contribution in [1.29, 1.82) is 0 Å². The molecule has 2 aromatic rings. The number of carbonyl (C=O) groups excluding carboxylic acids is 2. The Balaban J connectivity index is 1.90. The second-order valence-electron chi connectivity index (χ2n) is 7.75. The van der Waals surface area contributed by atoms with Gasteiger partial charge < -0.3 is 20.0 Å². The molecular weight excluding hydrogens is 404 g/mol. The minimum Gasteiger partial charge on any atom is -0.508 e. The maximum atomic E-state index is 13.1. The van der Waals surface area contributed by atoms with Crippen molar-refractivity contribution in [3.05, 3.63) is 83.1 Å². The molecule has 2 N–H and O–H groups in total. The monoisotopic (exact) mass is 434 g/mol. The molecule has 1 amide bonds. The van der Waals surface area contributed by atoms with E-state index in [1.54, 1.807) is 18.2 Å². The zero-order valence-corrected chi connectivity index (χ0v) is 18.6. The molecule has 0 aliphatic carbocycles. The third-order valence-electron chi connectivity index (χ3n) is 5.75. The fourth-order valence-corrected chi connectivity index (χ4v) is 4.01. The SMILES string of the molecule is CCN(CC)CCCN1C(=O)C(O)=C(C(=O)C=Cc2ccccc2)C1c1cccc(O)c1. The summed E-state index contributed by atoms with van der Waals surface area (Å²) in [5.41, 5.74) is 1.47. The fraction of sp³-hybridized carbons (Fsp3) is 0.308. The van der Waals surface area contributed by atoms with Gasteiger partial charge in [0.1, 0.15) is 5.75 Å². The lowest BCUT2D eigenvalue weighted by atomic mass is 9.95. The number of nitrogens with zero attached hydrogens (tertiary/aromatic N) is 2. The Labute approximate surface area is 189 Å². The Bertz CT molecular complexity index is 1010. The van der Waals surface area contributed by atoms with Gasteiger partial charge in [0.2, 0.25) is 0 Å². The normalized spacial score (nSPS) is 16.5. The van der Waals surface area contributed by atoms with Gasteiger partial charge in [0.15, 0.2) is 11.5 Å². The number of carbonyl (C=O) groups is 2. The van der Waals surface area contributed by atoms with E-state index in [0.29, 0.717) is 18.5 Å². The van der Waals surface area contributed by atoms with Gasteiger partial charge in [-0.25, -0.2) is 0 Å². The summed E-state index contributed by atoms with van der Waals surface area (Å²) >= 11 is 0. The maximum absolute atomic E-state index is 13.1. The predicted octanol–water partition coefficient (Wildman–Crippen LogP) is 4.10. The van der Waals surface area contributed by atoms with Gasteiger partial charge in [0, 0.05) is 6.54 Å². The molecule has 1 aliphatic rings. The highest BCUT2D eigenvalue weighted by molar-refractivity contribution is 6.14. The molecule has 0 aromatic heterocycles. The van der Waals surface area contributed by atoms with Crippen molar-refractivity contribution >= 4 is 17.8 Å². The largest absolute Gasteiger partial charge is 0.508 e. The van der Waals surface area contributed by atoms with E-state index in [0.717, 1.165) is 25.2 Å². The van der Waals surface area contributed by atoms with Crippen LogP contribution in [0.3, 0.4) is 0 Å². The van der Waals surface area contributed by atoms with Crippen LogP contribution in [0, 0.1) is 0 Å². The van der Waals surface area contributed by atoms with E-state index < -0.39 is 23.5 Å². The maximum Gasteiger partial charge on any atom is 0.290 e. The van der Waals surface area contributed by atoms with Crippen molar-refractivity contribution in [1.82, 2.24) is 9.80 Å². The number of amides is 1. The average Bonchev–Trinajstić information content (AvgIpc) is 3.06. The number of allylic oxidation sites excluding steroid dienone is 1. The zero-order chi connectivity index (χ0) is 23.1. The van der Waals surface area contributed by atoms with Crippen LogP contribution in [0.2, 0.25) is 0 Å². The van der Waals surface area contributed by atoms with Crippen molar-refractivity contribution in [2.75, 3.05) is 26.2 Å². The number of rotatable bonds is 10. The Morgan fingerprint density at radius 2 is 1.78 bits per heavy atom. The van der Waals surface area contributed by atoms with E-state index in [4.69, 9.17) is 0 Å². The summed E-state index contributed by atoms with van der Waals surface area (Å²) < 4.78 is 0. The summed E-state index contributed by atoms with van der Waals surface area (Å²) in [5, 5.41) is 20.7. The van der Waals surface area contributed by atoms with Crippen molar-refractivity contribution in [2.24, 2.45) is 0 Å². The first-order valence-corrected chi connectivity index (χ1v) is 11.0. The van der Waals surface area contributed by atoms with Gasteiger partial charge in [-0.2, -0.15) is 0 Å². The van der Waals surface area contributed by atoms with Crippen LogP contribution in [0.1, 0.15) is 37.4 Å². The second kappa shape index (κ2) is 10.8. The number of hydrogen-bond donors (Lipinski definition) is 2. The Morgan fingerprint density at radius 1 is 1.06 bits per heavy atom. The molecule has 0 bridgehead atoms. The fourth-order valence-electron chi connectivity index (χ4n) is 4.01. The van der Waals surface area contributed by atoms with E-state index in [-0.39, 0.29) is 11.3 Å². The molecule has 1 atom stereocenters. The highest BCUT2D eigenvalue weighted by Gasteiger charge is 2.42. The number of phenols is 1. The summed E-state index contributed by atoms with van der Waals surface area (Å²) in [6.45, 7) is 7.20. The summed E-state index contributed by atoms with van der Waals surface area (Å²) in [5.74, 6) is -1.48. The Hall–Kier alpha value is -3.38. The van der Waals surface area contributed by atoms with Crippen LogP contribution in [0.5, 0.6) is 5.75 Å². The summed E-state index contributed by atoms with van der Waals surface area (Å²) in [4.78, 5) is 29.8. The quantitative estimate of drug-likeness (QED) is 0.550. The first-order valence-electron chi connectivity index (χ1n) is 11.0. The summed E-state index contributed by atoms with van der Waals surface area (Å²) in [6.07, 6.45) is 3.75. The van der Waals surface area contributed by atoms with Crippen molar-refractivity contribution in [3.8, 4) is 5.75 Å². The van der Waals surface area contributed by atoms with Gasteiger partial charge in [-0.15, -0.1) is 0 Å². The van der Waals surface area contributed by atoms with Crippen molar-refractivity contribution in [3.63, 3.8) is 0 Å². The van der Waals surface area contributed by atoms with Gasteiger partial charge >= 0.3 is 0 Å². The molecule has 1 aliphatic heterocycles. The molecule has 0 fully saturated rings. The van der Waals surface area contributed by atoms with Gasteiger partial charge in [0.05, 0.1) is 11.6 Å². The highest BCUT2D eigenvalue weighted by Crippen LogP contribution is 2.39. The second-order valence-corrected chi connectivity index (χ2v) is 7.75. The Morgan fingerprint density at radius 3 is 2.44 bits per heavy atom. The lowest BCUT2D eigenvalue weighted by Gasteiger charge is -2.28. The average molecular weight is 435 g/mol. The number of aliphatic hydroxyl groups is 1. The summed E-state index contributed by atoms with van der Waals surface area (Å²) in [7, 11) is 0. The predicted molar refractivity (Wildman–Crippen MR) is 125 cm³/mol. The smallest absolute Gasteiger partial charge is 0.290 e. The lowest BCUT2D eigenvalue weighted by Crippen LogP contribution is -2.34. The topological polar surface area (TPSA) is 81.1 Å². The van der Waals surface area contributed by atoms with Crippen LogP contribution in [0.4, 0.5) is 0 Å². The standard InChI is InChI=1S/C26H30N2O4/c1-3-27(4-2)16-9-17-28-24(20-12-8-13-21(29)18-20)23(25(31)26(28)32)22(30)15-14-19-10-6-5-7-11-19/h5-8,10-15,18,24,29,31H,3-4,9,16-17H2,1-2H3.